The highest BCUT2D eigenvalue weighted by Crippen LogP contribution is 2.57. The van der Waals surface area contributed by atoms with Crippen molar-refractivity contribution in [1.82, 2.24) is 0 Å². The van der Waals surface area contributed by atoms with Crippen molar-refractivity contribution in [1.29, 1.82) is 0 Å². The Hall–Kier alpha value is -8.20. The first-order valence-electron chi connectivity index (χ1n) is 23.0. The number of benzene rings is 10. The van der Waals surface area contributed by atoms with Gasteiger partial charge < -0.3 is 9.32 Å². The molecule has 0 N–H and O–H groups in total. The van der Waals surface area contributed by atoms with Crippen LogP contribution in [0.2, 0.25) is 0 Å². The first kappa shape index (κ1) is 38.3. The summed E-state index contributed by atoms with van der Waals surface area (Å²) in [6.07, 6.45) is 0. The SMILES string of the molecule is CC1(C)c2ccc(-c3ccccc3)cc2-c2ccc(N(c3ccc(C4(c5ccccc5)c5ccccc5-c5ccccc54)cc3)c3cccc4oc5c(-c6ccccc6)cccc5c34)cc21. The maximum atomic E-state index is 6.89. The van der Waals surface area contributed by atoms with Crippen LogP contribution in [-0.4, -0.2) is 0 Å². The normalized spacial score (nSPS) is 13.8. The Morgan fingerprint density at radius 3 is 1.65 bits per heavy atom. The number of nitrogens with zero attached hydrogens (tertiary/aromatic N) is 1. The molecule has 0 fully saturated rings. The van der Waals surface area contributed by atoms with Gasteiger partial charge in [0.1, 0.15) is 11.2 Å². The second-order valence-corrected chi connectivity index (χ2v) is 18.4. The molecule has 0 atom stereocenters. The van der Waals surface area contributed by atoms with Gasteiger partial charge in [-0.15, -0.1) is 0 Å². The van der Waals surface area contributed by atoms with Crippen LogP contribution in [-0.2, 0) is 10.8 Å². The molecule has 0 bridgehead atoms. The summed E-state index contributed by atoms with van der Waals surface area (Å²) >= 11 is 0. The lowest BCUT2D eigenvalue weighted by Crippen LogP contribution is -2.28. The van der Waals surface area contributed by atoms with Crippen LogP contribution in [0.15, 0.2) is 241 Å². The molecule has 2 aliphatic rings. The summed E-state index contributed by atoms with van der Waals surface area (Å²) in [5.74, 6) is 0. The summed E-state index contributed by atoms with van der Waals surface area (Å²) in [7, 11) is 0. The summed E-state index contributed by atoms with van der Waals surface area (Å²) in [5, 5.41) is 2.18. The second kappa shape index (κ2) is 14.7. The average Bonchev–Trinajstić information content (AvgIpc) is 3.99. The van der Waals surface area contributed by atoms with Gasteiger partial charge >= 0.3 is 0 Å². The molecule has 312 valence electrons. The van der Waals surface area contributed by atoms with E-state index < -0.39 is 5.41 Å². The molecule has 0 spiro atoms. The zero-order valence-corrected chi connectivity index (χ0v) is 36.9. The minimum Gasteiger partial charge on any atom is -0.455 e. The maximum Gasteiger partial charge on any atom is 0.143 e. The summed E-state index contributed by atoms with van der Waals surface area (Å²) in [4.78, 5) is 2.46. The Labute approximate surface area is 385 Å². The molecule has 1 aromatic heterocycles. The number of para-hydroxylation sites is 1. The highest BCUT2D eigenvalue weighted by molar-refractivity contribution is 6.16. The van der Waals surface area contributed by atoms with Gasteiger partial charge in [0.05, 0.1) is 16.5 Å². The largest absolute Gasteiger partial charge is 0.455 e. The minimum absolute atomic E-state index is 0.213. The molecular formula is C64H45NO. The van der Waals surface area contributed by atoms with Crippen molar-refractivity contribution < 1.29 is 4.42 Å². The van der Waals surface area contributed by atoms with E-state index in [1.165, 1.54) is 66.8 Å². The van der Waals surface area contributed by atoms with E-state index in [9.17, 15) is 0 Å². The van der Waals surface area contributed by atoms with Crippen molar-refractivity contribution in [3.63, 3.8) is 0 Å². The lowest BCUT2D eigenvalue weighted by molar-refractivity contribution is 0.660. The third-order valence-electron chi connectivity index (χ3n) is 14.6. The first-order valence-corrected chi connectivity index (χ1v) is 23.0. The van der Waals surface area contributed by atoms with Gasteiger partial charge in [0.2, 0.25) is 0 Å². The third-order valence-corrected chi connectivity index (χ3v) is 14.6. The zero-order chi connectivity index (χ0) is 44.0. The van der Waals surface area contributed by atoms with E-state index in [0.717, 1.165) is 50.1 Å². The van der Waals surface area contributed by atoms with Crippen LogP contribution in [0.3, 0.4) is 0 Å². The van der Waals surface area contributed by atoms with E-state index in [0.29, 0.717) is 0 Å². The Morgan fingerprint density at radius 1 is 0.364 bits per heavy atom. The molecular weight excluding hydrogens is 799 g/mol. The molecule has 13 rings (SSSR count). The molecule has 0 aliphatic heterocycles. The molecule has 10 aromatic carbocycles. The van der Waals surface area contributed by atoms with Gasteiger partial charge in [-0.25, -0.2) is 0 Å². The quantitative estimate of drug-likeness (QED) is 0.159. The van der Waals surface area contributed by atoms with Crippen LogP contribution >= 0.6 is 0 Å². The van der Waals surface area contributed by atoms with Gasteiger partial charge in [-0.1, -0.05) is 208 Å². The van der Waals surface area contributed by atoms with E-state index in [-0.39, 0.29) is 5.41 Å². The Bertz CT molecular complexity index is 3610. The fourth-order valence-electron chi connectivity index (χ4n) is 11.6. The number of rotatable bonds is 7. The lowest BCUT2D eigenvalue weighted by atomic mass is 9.68. The Kier molecular flexibility index (Phi) is 8.51. The summed E-state index contributed by atoms with van der Waals surface area (Å²) < 4.78 is 6.89. The number of anilines is 3. The van der Waals surface area contributed by atoms with E-state index >= 15 is 0 Å². The van der Waals surface area contributed by atoms with Crippen molar-refractivity contribution in [3.05, 3.63) is 270 Å². The van der Waals surface area contributed by atoms with E-state index in [2.05, 4.69) is 255 Å². The predicted molar refractivity (Wildman–Crippen MR) is 274 cm³/mol. The predicted octanol–water partition coefficient (Wildman–Crippen LogP) is 17.1. The number of hydrogen-bond donors (Lipinski definition) is 0. The van der Waals surface area contributed by atoms with Gasteiger partial charge in [-0.2, -0.15) is 0 Å². The van der Waals surface area contributed by atoms with Crippen LogP contribution in [0.5, 0.6) is 0 Å². The van der Waals surface area contributed by atoms with Crippen molar-refractivity contribution in [2.24, 2.45) is 0 Å². The highest BCUT2D eigenvalue weighted by atomic mass is 16.3. The molecule has 0 radical (unpaired) electrons. The summed E-state index contributed by atoms with van der Waals surface area (Å²) in [5.41, 5.74) is 21.9. The number of furan rings is 1. The van der Waals surface area contributed by atoms with Crippen LogP contribution in [0.1, 0.15) is 47.2 Å². The van der Waals surface area contributed by atoms with Gasteiger partial charge in [-0.05, 0) is 115 Å². The standard InChI is InChI=1S/C64H45NO/c1-63(2)55-39-32-44(42-18-6-3-7-19-42)40-54(55)52-38-37-48(41-58(52)63)65(59-30-17-31-60-61(59)53-27-16-26-49(62(53)66-60)43-20-8-4-9-21-43)47-35-33-46(34-36-47)64(45-22-10-5-11-23-45)56-28-14-12-24-50(56)51-25-13-15-29-57(51)64/h3-41H,1-2H3. The fourth-order valence-corrected chi connectivity index (χ4v) is 11.6. The molecule has 0 amide bonds. The van der Waals surface area contributed by atoms with Crippen LogP contribution < -0.4 is 4.90 Å². The van der Waals surface area contributed by atoms with E-state index in [1.807, 2.05) is 0 Å². The van der Waals surface area contributed by atoms with E-state index in [1.54, 1.807) is 0 Å². The second-order valence-electron chi connectivity index (χ2n) is 18.4. The van der Waals surface area contributed by atoms with Crippen molar-refractivity contribution >= 4 is 39.0 Å². The maximum absolute atomic E-state index is 6.89. The number of hydrogen-bond acceptors (Lipinski definition) is 2. The molecule has 2 heteroatoms. The van der Waals surface area contributed by atoms with Crippen molar-refractivity contribution in [3.8, 4) is 44.5 Å². The molecule has 2 nitrogen and oxygen atoms in total. The molecule has 2 aliphatic carbocycles. The number of fused-ring (bicyclic) bond motifs is 9. The van der Waals surface area contributed by atoms with Gasteiger partial charge in [0.15, 0.2) is 0 Å². The van der Waals surface area contributed by atoms with E-state index in [4.69, 9.17) is 4.42 Å². The van der Waals surface area contributed by atoms with Crippen LogP contribution in [0, 0.1) is 0 Å². The molecule has 0 saturated heterocycles. The minimum atomic E-state index is -0.492. The molecule has 1 heterocycles. The van der Waals surface area contributed by atoms with Crippen LogP contribution in [0.4, 0.5) is 17.1 Å². The smallest absolute Gasteiger partial charge is 0.143 e. The van der Waals surface area contributed by atoms with Gasteiger partial charge in [0.25, 0.3) is 0 Å². The topological polar surface area (TPSA) is 16.4 Å². The molecule has 0 saturated carbocycles. The Balaban J connectivity index is 1.03. The average molecular weight is 844 g/mol. The summed E-state index contributed by atoms with van der Waals surface area (Å²) in [6.45, 7) is 4.75. The van der Waals surface area contributed by atoms with Crippen LogP contribution in [0.25, 0.3) is 66.4 Å². The molecule has 11 aromatic rings. The first-order chi connectivity index (χ1) is 32.5. The lowest BCUT2D eigenvalue weighted by Gasteiger charge is -2.34. The fraction of sp³-hybridized carbons (Fsp3) is 0.0625. The van der Waals surface area contributed by atoms with Gasteiger partial charge in [-0.3, -0.25) is 0 Å². The molecule has 66 heavy (non-hydrogen) atoms. The summed E-state index contributed by atoms with van der Waals surface area (Å²) in [6, 6.07) is 86.8. The monoisotopic (exact) mass is 843 g/mol. The highest BCUT2D eigenvalue weighted by Gasteiger charge is 2.46. The van der Waals surface area contributed by atoms with Gasteiger partial charge in [0, 0.05) is 27.7 Å². The zero-order valence-electron chi connectivity index (χ0n) is 36.9. The van der Waals surface area contributed by atoms with Crippen molar-refractivity contribution in [2.75, 3.05) is 4.90 Å². The van der Waals surface area contributed by atoms with Crippen molar-refractivity contribution in [2.45, 2.75) is 24.7 Å². The Morgan fingerprint density at radius 2 is 0.939 bits per heavy atom. The third kappa shape index (κ3) is 5.55. The molecule has 0 unspecified atom stereocenters.